The molecular formula is C28H29N3O3. The van der Waals surface area contributed by atoms with Gasteiger partial charge >= 0.3 is 6.03 Å². The summed E-state index contributed by atoms with van der Waals surface area (Å²) in [5.41, 5.74) is 1.78. The standard InChI is InChI=1S/C28H29N3O3/c1-27(2,3)22-16-10-11-17-23(22)29-24(32)19-31-25(33)28(30-26(31)34,21-14-8-5-9-15-21)18-20-12-6-4-7-13-20/h4-17H,18-19H2,1-3H3,(H,29,32)(H,30,34). The van der Waals surface area contributed by atoms with Crippen LogP contribution in [0.25, 0.3) is 0 Å². The van der Waals surface area contributed by atoms with E-state index in [2.05, 4.69) is 31.4 Å². The number of nitrogens with one attached hydrogen (secondary N) is 2. The number of rotatable bonds is 6. The van der Waals surface area contributed by atoms with Gasteiger partial charge < -0.3 is 10.6 Å². The molecule has 0 spiro atoms. The molecule has 1 unspecified atom stereocenters. The SMILES string of the molecule is CC(C)(C)c1ccccc1NC(=O)CN1C(=O)NC(Cc2ccccc2)(c2ccccc2)C1=O. The van der Waals surface area contributed by atoms with E-state index in [0.29, 0.717) is 11.3 Å². The zero-order chi connectivity index (χ0) is 24.3. The van der Waals surface area contributed by atoms with E-state index in [4.69, 9.17) is 0 Å². The minimum absolute atomic E-state index is 0.178. The number of carbonyl (C=O) groups is 3. The second-order valence-electron chi connectivity index (χ2n) is 9.60. The number of hydrogen-bond donors (Lipinski definition) is 2. The highest BCUT2D eigenvalue weighted by atomic mass is 16.2. The van der Waals surface area contributed by atoms with E-state index in [1.54, 1.807) is 0 Å². The van der Waals surface area contributed by atoms with Gasteiger partial charge in [0.1, 0.15) is 6.54 Å². The summed E-state index contributed by atoms with van der Waals surface area (Å²) in [7, 11) is 0. The van der Waals surface area contributed by atoms with Crippen LogP contribution in [0.4, 0.5) is 10.5 Å². The van der Waals surface area contributed by atoms with Crippen molar-refractivity contribution in [2.24, 2.45) is 0 Å². The second kappa shape index (κ2) is 9.14. The van der Waals surface area contributed by atoms with Crippen LogP contribution >= 0.6 is 0 Å². The molecule has 34 heavy (non-hydrogen) atoms. The molecule has 0 aromatic heterocycles. The number of nitrogens with zero attached hydrogens (tertiary/aromatic N) is 1. The lowest BCUT2D eigenvalue weighted by molar-refractivity contribution is -0.134. The Kier molecular flexibility index (Phi) is 6.24. The molecule has 1 heterocycles. The molecule has 1 atom stereocenters. The molecule has 3 aromatic carbocycles. The van der Waals surface area contributed by atoms with Crippen molar-refractivity contribution in [3.05, 3.63) is 102 Å². The summed E-state index contributed by atoms with van der Waals surface area (Å²) in [5, 5.41) is 5.78. The molecule has 1 fully saturated rings. The van der Waals surface area contributed by atoms with Gasteiger partial charge in [-0.2, -0.15) is 0 Å². The van der Waals surface area contributed by atoms with Gasteiger partial charge in [-0.1, -0.05) is 99.6 Å². The zero-order valence-electron chi connectivity index (χ0n) is 19.7. The topological polar surface area (TPSA) is 78.5 Å². The second-order valence-corrected chi connectivity index (χ2v) is 9.60. The van der Waals surface area contributed by atoms with E-state index >= 15 is 0 Å². The Labute approximate surface area is 200 Å². The quantitative estimate of drug-likeness (QED) is 0.533. The summed E-state index contributed by atoms with van der Waals surface area (Å²) in [5.74, 6) is -0.865. The maximum absolute atomic E-state index is 13.7. The predicted octanol–water partition coefficient (Wildman–Crippen LogP) is 4.61. The third-order valence-electron chi connectivity index (χ3n) is 6.07. The first kappa shape index (κ1) is 23.2. The molecule has 0 bridgehead atoms. The van der Waals surface area contributed by atoms with Gasteiger partial charge in [0, 0.05) is 12.1 Å². The minimum Gasteiger partial charge on any atom is -0.324 e. The van der Waals surface area contributed by atoms with Crippen molar-refractivity contribution in [1.29, 1.82) is 0 Å². The van der Waals surface area contributed by atoms with Gasteiger partial charge in [0.05, 0.1) is 0 Å². The molecule has 4 rings (SSSR count). The Balaban J connectivity index is 1.60. The van der Waals surface area contributed by atoms with Crippen molar-refractivity contribution in [2.75, 3.05) is 11.9 Å². The Hall–Kier alpha value is -3.93. The highest BCUT2D eigenvalue weighted by molar-refractivity contribution is 6.10. The fraction of sp³-hybridized carbons (Fsp3) is 0.250. The fourth-order valence-corrected chi connectivity index (χ4v) is 4.39. The molecule has 174 valence electrons. The van der Waals surface area contributed by atoms with Crippen LogP contribution in [0.5, 0.6) is 0 Å². The molecule has 1 saturated heterocycles. The van der Waals surface area contributed by atoms with E-state index in [9.17, 15) is 14.4 Å². The third kappa shape index (κ3) is 4.57. The predicted molar refractivity (Wildman–Crippen MR) is 132 cm³/mol. The Morgan fingerprint density at radius 2 is 1.47 bits per heavy atom. The van der Waals surface area contributed by atoms with Crippen LogP contribution < -0.4 is 10.6 Å². The molecule has 0 aliphatic carbocycles. The van der Waals surface area contributed by atoms with Crippen molar-refractivity contribution >= 4 is 23.5 Å². The number of anilines is 1. The van der Waals surface area contributed by atoms with Crippen molar-refractivity contribution in [3.8, 4) is 0 Å². The van der Waals surface area contributed by atoms with Crippen molar-refractivity contribution in [1.82, 2.24) is 10.2 Å². The van der Waals surface area contributed by atoms with Crippen LogP contribution in [0.1, 0.15) is 37.5 Å². The molecule has 3 aromatic rings. The number of urea groups is 1. The minimum atomic E-state index is -1.27. The van der Waals surface area contributed by atoms with Crippen LogP contribution in [-0.4, -0.2) is 29.3 Å². The molecule has 0 radical (unpaired) electrons. The molecule has 0 saturated carbocycles. The average molecular weight is 456 g/mol. The van der Waals surface area contributed by atoms with Crippen LogP contribution in [0, 0.1) is 0 Å². The summed E-state index contributed by atoms with van der Waals surface area (Å²) in [4.78, 5) is 40.7. The Morgan fingerprint density at radius 3 is 2.12 bits per heavy atom. The highest BCUT2D eigenvalue weighted by Gasteiger charge is 2.52. The molecule has 6 nitrogen and oxygen atoms in total. The maximum atomic E-state index is 13.7. The van der Waals surface area contributed by atoms with Gasteiger partial charge in [-0.3, -0.25) is 14.5 Å². The monoisotopic (exact) mass is 455 g/mol. The van der Waals surface area contributed by atoms with Gasteiger partial charge in [0.25, 0.3) is 5.91 Å². The van der Waals surface area contributed by atoms with Gasteiger partial charge in [-0.25, -0.2) is 4.79 Å². The van der Waals surface area contributed by atoms with Crippen LogP contribution in [0.15, 0.2) is 84.9 Å². The van der Waals surface area contributed by atoms with Crippen LogP contribution in [0.3, 0.4) is 0 Å². The summed E-state index contributed by atoms with van der Waals surface area (Å²) in [6.45, 7) is 5.82. The van der Waals surface area contributed by atoms with Crippen molar-refractivity contribution < 1.29 is 14.4 Å². The van der Waals surface area contributed by atoms with Gasteiger partial charge in [-0.15, -0.1) is 0 Å². The number of carbonyl (C=O) groups excluding carboxylic acids is 3. The van der Waals surface area contributed by atoms with E-state index < -0.39 is 23.4 Å². The summed E-state index contributed by atoms with van der Waals surface area (Å²) < 4.78 is 0. The van der Waals surface area contributed by atoms with E-state index in [1.807, 2.05) is 84.9 Å². The smallest absolute Gasteiger partial charge is 0.324 e. The molecule has 4 amide bonds. The lowest BCUT2D eigenvalue weighted by Crippen LogP contribution is -2.46. The number of hydrogen-bond acceptors (Lipinski definition) is 3. The number of imide groups is 1. The molecular weight excluding hydrogens is 426 g/mol. The highest BCUT2D eigenvalue weighted by Crippen LogP contribution is 2.33. The zero-order valence-corrected chi connectivity index (χ0v) is 19.7. The maximum Gasteiger partial charge on any atom is 0.325 e. The van der Waals surface area contributed by atoms with Gasteiger partial charge in [0.2, 0.25) is 5.91 Å². The van der Waals surface area contributed by atoms with Crippen LogP contribution in [0.2, 0.25) is 0 Å². The lowest BCUT2D eigenvalue weighted by Gasteiger charge is -2.27. The number of para-hydroxylation sites is 1. The largest absolute Gasteiger partial charge is 0.325 e. The van der Waals surface area contributed by atoms with E-state index in [0.717, 1.165) is 16.0 Å². The molecule has 6 heteroatoms. The average Bonchev–Trinajstić information content (AvgIpc) is 3.05. The summed E-state index contributed by atoms with van der Waals surface area (Å²) in [6.07, 6.45) is 0.285. The molecule has 1 aliphatic rings. The van der Waals surface area contributed by atoms with Crippen molar-refractivity contribution in [2.45, 2.75) is 38.1 Å². The Bertz CT molecular complexity index is 1200. The van der Waals surface area contributed by atoms with E-state index in [1.165, 1.54) is 0 Å². The molecule has 1 aliphatic heterocycles. The fourth-order valence-electron chi connectivity index (χ4n) is 4.39. The molecule has 2 N–H and O–H groups in total. The number of amides is 4. The first-order chi connectivity index (χ1) is 16.2. The third-order valence-corrected chi connectivity index (χ3v) is 6.07. The van der Waals surface area contributed by atoms with Crippen LogP contribution in [-0.2, 0) is 27.0 Å². The Morgan fingerprint density at radius 1 is 0.882 bits per heavy atom. The first-order valence-electron chi connectivity index (χ1n) is 11.3. The normalized spacial score (nSPS) is 18.0. The summed E-state index contributed by atoms with van der Waals surface area (Å²) >= 11 is 0. The summed E-state index contributed by atoms with van der Waals surface area (Å²) in [6, 6.07) is 25.7. The number of benzene rings is 3. The lowest BCUT2D eigenvalue weighted by atomic mass is 9.83. The van der Waals surface area contributed by atoms with Gasteiger partial charge in [0.15, 0.2) is 5.54 Å². The van der Waals surface area contributed by atoms with E-state index in [-0.39, 0.29) is 18.4 Å². The van der Waals surface area contributed by atoms with Crippen molar-refractivity contribution in [3.63, 3.8) is 0 Å². The van der Waals surface area contributed by atoms with Gasteiger partial charge in [-0.05, 0) is 28.2 Å². The first-order valence-corrected chi connectivity index (χ1v) is 11.3.